The number of rotatable bonds is 4. The Hall–Kier alpha value is -2.61. The van der Waals surface area contributed by atoms with Crippen LogP contribution in [0.15, 0.2) is 35.6 Å². The summed E-state index contributed by atoms with van der Waals surface area (Å²) in [5.41, 5.74) is 0.0481. The van der Waals surface area contributed by atoms with Gasteiger partial charge in [-0.3, -0.25) is 5.32 Å². The van der Waals surface area contributed by atoms with Crippen molar-refractivity contribution in [2.24, 2.45) is 5.16 Å². The van der Waals surface area contributed by atoms with Crippen LogP contribution in [0.4, 0.5) is 10.5 Å². The van der Waals surface area contributed by atoms with Gasteiger partial charge in [-0.05, 0) is 45.0 Å². The fourth-order valence-electron chi connectivity index (χ4n) is 1.56. The number of ether oxygens (including phenoxy) is 2. The lowest BCUT2D eigenvalue weighted by molar-refractivity contribution is 0.0636. The van der Waals surface area contributed by atoms with E-state index in [9.17, 15) is 4.79 Å². The van der Waals surface area contributed by atoms with Crippen LogP contribution in [0, 0.1) is 0 Å². The van der Waals surface area contributed by atoms with Crippen LogP contribution in [0.2, 0.25) is 0 Å². The first kappa shape index (κ1) is 16.8. The van der Waals surface area contributed by atoms with E-state index < -0.39 is 11.7 Å². The van der Waals surface area contributed by atoms with Gasteiger partial charge in [-0.15, -0.1) is 0 Å². The zero-order valence-electron chi connectivity index (χ0n) is 12.9. The SMILES string of the molecule is CC(C)(C)OC(=O)Nc1ccc(Oc2ncc(/C=N/O)s2)cc1. The Balaban J connectivity index is 1.95. The van der Waals surface area contributed by atoms with Crippen molar-refractivity contribution in [3.63, 3.8) is 0 Å². The minimum absolute atomic E-state index is 0.424. The first-order chi connectivity index (χ1) is 10.9. The highest BCUT2D eigenvalue weighted by Crippen LogP contribution is 2.26. The third-order valence-corrected chi connectivity index (χ3v) is 3.20. The molecule has 8 heteroatoms. The molecular weight excluding hydrogens is 318 g/mol. The van der Waals surface area contributed by atoms with E-state index in [2.05, 4.69) is 15.5 Å². The van der Waals surface area contributed by atoms with Gasteiger partial charge in [0.2, 0.25) is 0 Å². The fraction of sp³-hybridized carbons (Fsp3) is 0.267. The number of nitrogens with zero attached hydrogens (tertiary/aromatic N) is 2. The van der Waals surface area contributed by atoms with Crippen molar-refractivity contribution in [2.45, 2.75) is 26.4 Å². The predicted octanol–water partition coefficient (Wildman–Crippen LogP) is 4.09. The van der Waals surface area contributed by atoms with Gasteiger partial charge in [-0.1, -0.05) is 16.5 Å². The third-order valence-electron chi connectivity index (χ3n) is 2.39. The molecule has 1 aromatic carbocycles. The van der Waals surface area contributed by atoms with Gasteiger partial charge in [0.15, 0.2) is 0 Å². The summed E-state index contributed by atoms with van der Waals surface area (Å²) in [5.74, 6) is 0.571. The van der Waals surface area contributed by atoms with Crippen LogP contribution in [0.1, 0.15) is 25.6 Å². The lowest BCUT2D eigenvalue weighted by Crippen LogP contribution is -2.27. The average molecular weight is 335 g/mol. The van der Waals surface area contributed by atoms with Gasteiger partial charge >= 0.3 is 6.09 Å². The highest BCUT2D eigenvalue weighted by Gasteiger charge is 2.16. The van der Waals surface area contributed by atoms with Crippen LogP contribution >= 0.6 is 11.3 Å². The van der Waals surface area contributed by atoms with Crippen LogP contribution in [-0.2, 0) is 4.74 Å². The molecule has 122 valence electrons. The monoisotopic (exact) mass is 335 g/mol. The largest absolute Gasteiger partial charge is 0.444 e. The summed E-state index contributed by atoms with van der Waals surface area (Å²) < 4.78 is 10.7. The normalized spacial score (nSPS) is 11.4. The second-order valence-corrected chi connectivity index (χ2v) is 6.55. The summed E-state index contributed by atoms with van der Waals surface area (Å²) >= 11 is 1.24. The number of benzene rings is 1. The van der Waals surface area contributed by atoms with Crippen molar-refractivity contribution in [3.05, 3.63) is 35.3 Å². The number of aromatic nitrogens is 1. The molecule has 7 nitrogen and oxygen atoms in total. The smallest absolute Gasteiger partial charge is 0.412 e. The van der Waals surface area contributed by atoms with Gasteiger partial charge < -0.3 is 14.7 Å². The van der Waals surface area contributed by atoms with Crippen LogP contribution in [0.3, 0.4) is 0 Å². The number of amides is 1. The number of nitrogens with one attached hydrogen (secondary N) is 1. The zero-order valence-corrected chi connectivity index (χ0v) is 13.8. The molecule has 1 amide bonds. The minimum Gasteiger partial charge on any atom is -0.444 e. The van der Waals surface area contributed by atoms with Crippen molar-refractivity contribution in [1.29, 1.82) is 0 Å². The molecule has 0 radical (unpaired) electrons. The van der Waals surface area contributed by atoms with Gasteiger partial charge in [0.25, 0.3) is 5.19 Å². The predicted molar refractivity (Wildman–Crippen MR) is 87.9 cm³/mol. The highest BCUT2D eigenvalue weighted by molar-refractivity contribution is 7.15. The van der Waals surface area contributed by atoms with E-state index >= 15 is 0 Å². The zero-order chi connectivity index (χ0) is 16.9. The molecule has 0 aliphatic carbocycles. The van der Waals surface area contributed by atoms with Crippen molar-refractivity contribution < 1.29 is 19.5 Å². The molecular formula is C15H17N3O4S. The van der Waals surface area contributed by atoms with Gasteiger partial charge in [-0.25, -0.2) is 9.78 Å². The molecule has 0 fully saturated rings. The highest BCUT2D eigenvalue weighted by atomic mass is 32.1. The van der Waals surface area contributed by atoms with E-state index in [-0.39, 0.29) is 0 Å². The third kappa shape index (κ3) is 5.59. The molecule has 23 heavy (non-hydrogen) atoms. The maximum Gasteiger partial charge on any atom is 0.412 e. The molecule has 0 unspecified atom stereocenters. The standard InChI is InChI=1S/C15H17N3O4S/c1-15(2,3)22-13(19)18-10-4-6-11(7-5-10)21-14-16-8-12(23-14)9-17-20/h4-9,20H,1-3H3,(H,18,19)/b17-9+. The molecule has 0 spiro atoms. The van der Waals surface area contributed by atoms with Crippen LogP contribution in [0.25, 0.3) is 0 Å². The molecule has 2 N–H and O–H groups in total. The number of hydrogen-bond donors (Lipinski definition) is 2. The Morgan fingerprint density at radius 1 is 1.35 bits per heavy atom. The Morgan fingerprint density at radius 2 is 2.04 bits per heavy atom. The maximum atomic E-state index is 11.7. The second kappa shape index (κ2) is 7.10. The molecule has 0 atom stereocenters. The van der Waals surface area contributed by atoms with Crippen molar-refractivity contribution in [1.82, 2.24) is 4.98 Å². The number of carbonyl (C=O) groups excluding carboxylic acids is 1. The first-order valence-electron chi connectivity index (χ1n) is 6.77. The Morgan fingerprint density at radius 3 is 2.65 bits per heavy atom. The van der Waals surface area contributed by atoms with E-state index in [1.54, 1.807) is 45.0 Å². The average Bonchev–Trinajstić information content (AvgIpc) is 2.87. The van der Waals surface area contributed by atoms with Crippen molar-refractivity contribution in [2.75, 3.05) is 5.32 Å². The van der Waals surface area contributed by atoms with Crippen LogP contribution < -0.4 is 10.1 Å². The molecule has 0 saturated heterocycles. The molecule has 2 aromatic rings. The molecule has 0 aliphatic heterocycles. The number of carbonyl (C=O) groups is 1. The molecule has 1 heterocycles. The summed E-state index contributed by atoms with van der Waals surface area (Å²) in [6.45, 7) is 5.40. The molecule has 1 aromatic heterocycles. The number of oxime groups is 1. The second-order valence-electron chi connectivity index (χ2n) is 5.53. The van der Waals surface area contributed by atoms with Crippen LogP contribution in [-0.4, -0.2) is 28.1 Å². The van der Waals surface area contributed by atoms with Gasteiger partial charge in [0.1, 0.15) is 11.4 Å². The lowest BCUT2D eigenvalue weighted by Gasteiger charge is -2.19. The molecule has 2 rings (SSSR count). The number of anilines is 1. The van der Waals surface area contributed by atoms with Gasteiger partial charge in [0.05, 0.1) is 17.3 Å². The van der Waals surface area contributed by atoms with E-state index in [0.29, 0.717) is 21.5 Å². The van der Waals surface area contributed by atoms with Gasteiger partial charge in [-0.2, -0.15) is 0 Å². The van der Waals surface area contributed by atoms with E-state index in [0.717, 1.165) is 0 Å². The Kier molecular flexibility index (Phi) is 5.17. The van der Waals surface area contributed by atoms with Crippen molar-refractivity contribution >= 4 is 29.3 Å². The van der Waals surface area contributed by atoms with Gasteiger partial charge in [0, 0.05) is 5.69 Å². The topological polar surface area (TPSA) is 93.0 Å². The van der Waals surface area contributed by atoms with E-state index in [1.807, 2.05) is 0 Å². The summed E-state index contributed by atoms with van der Waals surface area (Å²) in [4.78, 5) is 16.4. The lowest BCUT2D eigenvalue weighted by atomic mass is 10.2. The van der Waals surface area contributed by atoms with Crippen LogP contribution in [0.5, 0.6) is 10.9 Å². The Labute approximate surface area is 137 Å². The van der Waals surface area contributed by atoms with E-state index in [4.69, 9.17) is 14.7 Å². The molecule has 0 bridgehead atoms. The first-order valence-corrected chi connectivity index (χ1v) is 7.58. The molecule has 0 aliphatic rings. The number of thiazole rings is 1. The fourth-order valence-corrected chi connectivity index (χ4v) is 2.21. The quantitative estimate of drug-likeness (QED) is 0.499. The van der Waals surface area contributed by atoms with Crippen molar-refractivity contribution in [3.8, 4) is 10.9 Å². The Bertz CT molecular complexity index is 689. The molecule has 0 saturated carbocycles. The summed E-state index contributed by atoms with van der Waals surface area (Å²) in [6.07, 6.45) is 2.30. The summed E-state index contributed by atoms with van der Waals surface area (Å²) in [6, 6.07) is 6.80. The number of hydrogen-bond acceptors (Lipinski definition) is 7. The summed E-state index contributed by atoms with van der Waals surface area (Å²) in [7, 11) is 0. The minimum atomic E-state index is -0.548. The summed E-state index contributed by atoms with van der Waals surface area (Å²) in [5, 5.41) is 14.4. The van der Waals surface area contributed by atoms with E-state index in [1.165, 1.54) is 23.7 Å². The maximum absolute atomic E-state index is 11.7.